The van der Waals surface area contributed by atoms with E-state index in [0.29, 0.717) is 52.9 Å². The highest BCUT2D eigenvalue weighted by molar-refractivity contribution is 7.70. The number of nitrogens with one attached hydrogen (secondary N) is 3. The summed E-state index contributed by atoms with van der Waals surface area (Å²) >= 11 is 6.50. The molecule has 0 aliphatic carbocycles. The van der Waals surface area contributed by atoms with Crippen LogP contribution < -0.4 is 30.9 Å². The van der Waals surface area contributed by atoms with Crippen LogP contribution in [0, 0.1) is 11.8 Å². The molecule has 3 fully saturated rings. The van der Waals surface area contributed by atoms with Crippen LogP contribution in [-0.2, 0) is 32.0 Å². The molecule has 16 heteroatoms. The van der Waals surface area contributed by atoms with Gasteiger partial charge in [-0.25, -0.2) is 9.78 Å². The number of benzene rings is 4. The van der Waals surface area contributed by atoms with Gasteiger partial charge in [0, 0.05) is 98.6 Å². The summed E-state index contributed by atoms with van der Waals surface area (Å²) in [4.78, 5) is 54.8. The Labute approximate surface area is 396 Å². The first-order valence-electron chi connectivity index (χ1n) is 22.6. The molecular formula is C51H53ClN9O5P. The molecule has 0 radical (unpaired) electrons. The van der Waals surface area contributed by atoms with Crippen molar-refractivity contribution in [2.24, 2.45) is 0 Å². The van der Waals surface area contributed by atoms with Gasteiger partial charge in [-0.15, -0.1) is 0 Å². The van der Waals surface area contributed by atoms with Gasteiger partial charge in [-0.1, -0.05) is 59.8 Å². The van der Waals surface area contributed by atoms with Crippen LogP contribution in [0.25, 0.3) is 5.70 Å². The number of carbonyl (C=O) groups excluding carboxylic acids is 3. The molecule has 0 bridgehead atoms. The predicted molar refractivity (Wildman–Crippen MR) is 264 cm³/mol. The first-order chi connectivity index (χ1) is 32.4. The van der Waals surface area contributed by atoms with Crippen molar-refractivity contribution < 1.29 is 23.7 Å². The van der Waals surface area contributed by atoms with E-state index in [0.717, 1.165) is 97.6 Å². The minimum atomic E-state index is -2.55. The number of ether oxygens (including phenoxy) is 1. The molecule has 4 aliphatic rings. The molecule has 2 amide bonds. The Hall–Kier alpha value is -6.45. The number of anilines is 5. The molecule has 14 nitrogen and oxygen atoms in total. The van der Waals surface area contributed by atoms with Crippen LogP contribution in [0.2, 0.25) is 5.02 Å². The molecule has 3 N–H and O–H groups in total. The molecular weight excluding hydrogens is 885 g/mol. The maximum absolute atomic E-state index is 12.9. The van der Waals surface area contributed by atoms with Gasteiger partial charge in [0.15, 0.2) is 11.8 Å². The lowest BCUT2D eigenvalue weighted by Gasteiger charge is -2.43. The Kier molecular flexibility index (Phi) is 13.5. The molecule has 4 aliphatic heterocycles. The summed E-state index contributed by atoms with van der Waals surface area (Å²) in [5, 5.41) is 10.0. The quantitative estimate of drug-likeness (QED) is 0.0549. The molecule has 1 aromatic heterocycles. The van der Waals surface area contributed by atoms with E-state index < -0.39 is 13.2 Å². The normalized spacial score (nSPS) is 18.1. The van der Waals surface area contributed by atoms with Crippen molar-refractivity contribution in [1.82, 2.24) is 30.0 Å². The number of fused-ring (bicyclic) bond motifs is 1. The summed E-state index contributed by atoms with van der Waals surface area (Å²) in [7, 11) is -0.893. The third-order valence-electron chi connectivity index (χ3n) is 13.1. The Morgan fingerprint density at radius 2 is 1.66 bits per heavy atom. The minimum absolute atomic E-state index is 0.234. The number of nitrogens with zero attached hydrogens (tertiary/aromatic N) is 6. The van der Waals surface area contributed by atoms with Gasteiger partial charge in [-0.05, 0) is 86.2 Å². The van der Waals surface area contributed by atoms with Crippen LogP contribution in [-0.4, -0.2) is 114 Å². The van der Waals surface area contributed by atoms with Gasteiger partial charge in [0.1, 0.15) is 29.7 Å². The number of piperazine rings is 1. The zero-order valence-corrected chi connectivity index (χ0v) is 39.5. The van der Waals surface area contributed by atoms with Crippen molar-refractivity contribution in [2.75, 3.05) is 75.2 Å². The Morgan fingerprint density at radius 1 is 0.881 bits per heavy atom. The van der Waals surface area contributed by atoms with Crippen LogP contribution in [0.4, 0.5) is 28.8 Å². The second-order valence-corrected chi connectivity index (χ2v) is 21.3. The van der Waals surface area contributed by atoms with E-state index in [-0.39, 0.29) is 18.2 Å². The van der Waals surface area contributed by atoms with Crippen LogP contribution >= 0.6 is 18.7 Å². The molecule has 0 spiro atoms. The SMILES string of the molecule is COc1cc(N2CCC(N3CCN(Cc4ccc(C#Cc5cccc6c5CN(C5CCC(=O)NC5=O)C6=C=O)cc4)CC3)CC2)ccc1Nc1ncc(Cl)c(Nc2ccccc2P(C)(C)=O)n1. The Morgan fingerprint density at radius 3 is 2.39 bits per heavy atom. The number of halogens is 1. The molecule has 9 rings (SSSR count). The summed E-state index contributed by atoms with van der Waals surface area (Å²) in [6.45, 7) is 10.7. The number of carbonyl (C=O) groups is 2. The highest BCUT2D eigenvalue weighted by Gasteiger charge is 2.38. The zero-order chi connectivity index (χ0) is 46.7. The molecule has 67 heavy (non-hydrogen) atoms. The summed E-state index contributed by atoms with van der Waals surface area (Å²) in [5.41, 5.74) is 7.42. The number of rotatable bonds is 11. The third kappa shape index (κ3) is 10.3. The Bertz CT molecular complexity index is 2860. The molecule has 3 saturated heterocycles. The lowest BCUT2D eigenvalue weighted by molar-refractivity contribution is -0.136. The molecule has 5 aromatic rings. The fourth-order valence-electron chi connectivity index (χ4n) is 9.52. The fraction of sp³-hybridized carbons (Fsp3) is 0.333. The minimum Gasteiger partial charge on any atom is -0.494 e. The van der Waals surface area contributed by atoms with E-state index in [1.54, 1.807) is 25.3 Å². The van der Waals surface area contributed by atoms with E-state index in [9.17, 15) is 18.9 Å². The summed E-state index contributed by atoms with van der Waals surface area (Å²) < 4.78 is 18.8. The summed E-state index contributed by atoms with van der Waals surface area (Å²) in [5.74, 6) is 9.40. The molecule has 4 aromatic carbocycles. The second kappa shape index (κ2) is 19.8. The van der Waals surface area contributed by atoms with Crippen LogP contribution in [0.1, 0.15) is 53.5 Å². The molecule has 5 heterocycles. The fourth-order valence-corrected chi connectivity index (χ4v) is 10.8. The number of aromatic nitrogens is 2. The molecule has 1 atom stereocenters. The largest absolute Gasteiger partial charge is 0.494 e. The van der Waals surface area contributed by atoms with Crippen molar-refractivity contribution in [2.45, 2.75) is 50.9 Å². The van der Waals surface area contributed by atoms with E-state index in [1.807, 2.05) is 54.5 Å². The van der Waals surface area contributed by atoms with Gasteiger partial charge in [0.05, 0.1) is 24.7 Å². The van der Waals surface area contributed by atoms with Crippen molar-refractivity contribution in [3.63, 3.8) is 0 Å². The second-order valence-electron chi connectivity index (χ2n) is 17.7. The van der Waals surface area contributed by atoms with Gasteiger partial charge in [-0.2, -0.15) is 4.98 Å². The van der Waals surface area contributed by atoms with Crippen LogP contribution in [0.3, 0.4) is 0 Å². The summed E-state index contributed by atoms with van der Waals surface area (Å²) in [6.07, 6.45) is 4.31. The first kappa shape index (κ1) is 45.7. The maximum Gasteiger partial charge on any atom is 0.249 e. The highest BCUT2D eigenvalue weighted by atomic mass is 35.5. The first-order valence-corrected chi connectivity index (χ1v) is 25.6. The highest BCUT2D eigenvalue weighted by Crippen LogP contribution is 2.40. The Balaban J connectivity index is 0.749. The number of hydrogen-bond acceptors (Lipinski definition) is 13. The van der Waals surface area contributed by atoms with E-state index in [2.05, 4.69) is 88.9 Å². The average Bonchev–Trinajstić information content (AvgIpc) is 3.71. The van der Waals surface area contributed by atoms with Crippen molar-refractivity contribution in [1.29, 1.82) is 0 Å². The lowest BCUT2D eigenvalue weighted by Crippen LogP contribution is -2.53. The van der Waals surface area contributed by atoms with Gasteiger partial charge < -0.3 is 29.7 Å². The molecule has 0 saturated carbocycles. The average molecular weight is 938 g/mol. The van der Waals surface area contributed by atoms with Crippen molar-refractivity contribution >= 4 is 76.3 Å². The van der Waals surface area contributed by atoms with E-state index in [4.69, 9.17) is 16.3 Å². The molecule has 1 unspecified atom stereocenters. The topological polar surface area (TPSA) is 152 Å². The predicted octanol–water partition coefficient (Wildman–Crippen LogP) is 6.85. The van der Waals surface area contributed by atoms with Crippen molar-refractivity contribution in [3.8, 4) is 17.6 Å². The molecule has 344 valence electrons. The number of para-hydroxylation sites is 1. The summed E-state index contributed by atoms with van der Waals surface area (Å²) in [6, 6.07) is 27.6. The number of amides is 2. The number of piperidine rings is 2. The zero-order valence-electron chi connectivity index (χ0n) is 37.8. The van der Waals surface area contributed by atoms with Gasteiger partial charge in [0.25, 0.3) is 0 Å². The van der Waals surface area contributed by atoms with Crippen LogP contribution in [0.5, 0.6) is 5.75 Å². The van der Waals surface area contributed by atoms with Gasteiger partial charge in [-0.3, -0.25) is 24.7 Å². The smallest absolute Gasteiger partial charge is 0.249 e. The van der Waals surface area contributed by atoms with Gasteiger partial charge in [0.2, 0.25) is 17.8 Å². The number of methoxy groups -OCH3 is 1. The lowest BCUT2D eigenvalue weighted by atomic mass is 10.0. The van der Waals surface area contributed by atoms with E-state index in [1.165, 1.54) is 11.8 Å². The van der Waals surface area contributed by atoms with Crippen LogP contribution in [0.15, 0.2) is 91.1 Å². The van der Waals surface area contributed by atoms with E-state index >= 15 is 0 Å². The number of imide groups is 1. The maximum atomic E-state index is 12.9. The van der Waals surface area contributed by atoms with Gasteiger partial charge >= 0.3 is 0 Å². The monoisotopic (exact) mass is 937 g/mol. The third-order valence-corrected chi connectivity index (χ3v) is 14.9. The van der Waals surface area contributed by atoms with Crippen molar-refractivity contribution in [3.05, 3.63) is 124 Å². The standard InChI is InChI=1S/C51H53ClN9O5P/c1-66-46-29-38(17-18-42(46)55-51-53-30-41(52)49(57-51)54-43-9-4-5-10-47(43)67(2,3)65)59-23-21-37(22-24-59)60-27-25-58(26-28-60)31-35-13-11-34(12-14-35)15-16-36-7-6-8-39-40(36)32-61(45(39)33-62)44-19-20-48(63)56-50(44)64/h4-14,17-18,29-30,37,44H,19-28,31-32H2,1-3H3,(H,56,63,64)(H2,53,54,55,57). The number of hydrogen-bond donors (Lipinski definition) is 3.